The van der Waals surface area contributed by atoms with Crippen LogP contribution in [0.2, 0.25) is 0 Å². The Labute approximate surface area is 121 Å². The number of carbonyl (C=O) groups is 1. The molecule has 0 fully saturated rings. The summed E-state index contributed by atoms with van der Waals surface area (Å²) in [6, 6.07) is 15.6. The first kappa shape index (κ1) is 12.7. The third-order valence-corrected chi connectivity index (χ3v) is 3.87. The van der Waals surface area contributed by atoms with Crippen molar-refractivity contribution in [2.75, 3.05) is 0 Å². The first-order valence-electron chi connectivity index (χ1n) is 6.30. The number of carbonyl (C=O) groups excluding carboxylic acids is 1. The highest BCUT2D eigenvalue weighted by Crippen LogP contribution is 2.14. The molecule has 0 saturated heterocycles. The minimum absolute atomic E-state index is 0.110. The minimum atomic E-state index is 0.110. The number of aromatic nitrogens is 2. The summed E-state index contributed by atoms with van der Waals surface area (Å²) in [6.45, 7) is 0.322. The lowest BCUT2D eigenvalue weighted by Gasteiger charge is -1.98. The van der Waals surface area contributed by atoms with E-state index in [0.29, 0.717) is 6.54 Å². The van der Waals surface area contributed by atoms with Crippen LogP contribution in [-0.2, 0) is 6.54 Å². The molecule has 3 nitrogen and oxygen atoms in total. The van der Waals surface area contributed by atoms with Gasteiger partial charge in [-0.2, -0.15) is 0 Å². The molecule has 20 heavy (non-hydrogen) atoms. The summed E-state index contributed by atoms with van der Waals surface area (Å²) >= 11 is 1.47. The number of nitrogens with zero attached hydrogens (tertiary/aromatic N) is 2. The Bertz CT molecular complexity index is 691. The van der Waals surface area contributed by atoms with E-state index >= 15 is 0 Å². The predicted octanol–water partition coefficient (Wildman–Crippen LogP) is 2.98. The molecule has 0 bridgehead atoms. The summed E-state index contributed by atoms with van der Waals surface area (Å²) in [5.74, 6) is 0.110. The Morgan fingerprint density at radius 3 is 2.60 bits per heavy atom. The molecule has 3 rings (SSSR count). The van der Waals surface area contributed by atoms with Crippen molar-refractivity contribution in [3.63, 3.8) is 0 Å². The van der Waals surface area contributed by atoms with Gasteiger partial charge in [-0.25, -0.2) is 4.57 Å². The molecule has 4 heteroatoms. The lowest BCUT2D eigenvalue weighted by molar-refractivity contribution is -0.686. The zero-order valence-corrected chi connectivity index (χ0v) is 11.6. The van der Waals surface area contributed by atoms with Crippen LogP contribution in [0.15, 0.2) is 66.4 Å². The molecule has 0 saturated carbocycles. The molecule has 0 N–H and O–H groups in total. The SMILES string of the molecule is O=C(C[n+]1ccc(-c2ccccc2)nc1)c1cccs1. The van der Waals surface area contributed by atoms with Crippen molar-refractivity contribution in [3.8, 4) is 11.3 Å². The molecule has 0 aliphatic carbocycles. The van der Waals surface area contributed by atoms with E-state index in [0.717, 1.165) is 16.1 Å². The van der Waals surface area contributed by atoms with Crippen LogP contribution < -0.4 is 4.57 Å². The molecule has 0 atom stereocenters. The highest BCUT2D eigenvalue weighted by molar-refractivity contribution is 7.12. The lowest BCUT2D eigenvalue weighted by atomic mass is 10.1. The monoisotopic (exact) mass is 281 g/mol. The van der Waals surface area contributed by atoms with Crippen molar-refractivity contribution in [1.82, 2.24) is 4.98 Å². The fourth-order valence-electron chi connectivity index (χ4n) is 1.94. The van der Waals surface area contributed by atoms with Gasteiger partial charge in [0.05, 0.1) is 11.1 Å². The van der Waals surface area contributed by atoms with Gasteiger partial charge in [0.1, 0.15) is 0 Å². The number of rotatable bonds is 4. The van der Waals surface area contributed by atoms with Gasteiger partial charge in [0.25, 0.3) is 6.33 Å². The van der Waals surface area contributed by atoms with Crippen LogP contribution in [0, 0.1) is 0 Å². The van der Waals surface area contributed by atoms with Crippen LogP contribution in [0.3, 0.4) is 0 Å². The second-order valence-electron chi connectivity index (χ2n) is 4.38. The molecule has 1 aromatic carbocycles. The maximum absolute atomic E-state index is 12.0. The second-order valence-corrected chi connectivity index (χ2v) is 5.33. The van der Waals surface area contributed by atoms with Crippen molar-refractivity contribution in [2.45, 2.75) is 6.54 Å². The molecule has 3 aromatic rings. The van der Waals surface area contributed by atoms with Gasteiger partial charge in [0, 0.05) is 11.6 Å². The third kappa shape index (κ3) is 2.81. The molecule has 98 valence electrons. The summed E-state index contributed by atoms with van der Waals surface area (Å²) in [4.78, 5) is 17.2. The summed E-state index contributed by atoms with van der Waals surface area (Å²) in [7, 11) is 0. The van der Waals surface area contributed by atoms with Crippen LogP contribution >= 0.6 is 11.3 Å². The van der Waals surface area contributed by atoms with Crippen LogP contribution in [0.1, 0.15) is 9.67 Å². The van der Waals surface area contributed by atoms with Crippen molar-refractivity contribution >= 4 is 17.1 Å². The zero-order chi connectivity index (χ0) is 13.8. The molecular formula is C16H13N2OS+. The number of benzene rings is 1. The fraction of sp³-hybridized carbons (Fsp3) is 0.0625. The van der Waals surface area contributed by atoms with Gasteiger partial charge in [-0.3, -0.25) is 4.79 Å². The van der Waals surface area contributed by atoms with E-state index in [1.54, 1.807) is 10.9 Å². The summed E-state index contributed by atoms with van der Waals surface area (Å²) in [5, 5.41) is 1.91. The molecule has 0 radical (unpaired) electrons. The third-order valence-electron chi connectivity index (χ3n) is 2.96. The fourth-order valence-corrected chi connectivity index (χ4v) is 2.60. The highest BCUT2D eigenvalue weighted by Gasteiger charge is 2.12. The van der Waals surface area contributed by atoms with E-state index < -0.39 is 0 Å². The minimum Gasteiger partial charge on any atom is -0.289 e. The molecule has 0 spiro atoms. The van der Waals surface area contributed by atoms with Gasteiger partial charge in [-0.15, -0.1) is 11.3 Å². The van der Waals surface area contributed by atoms with Gasteiger partial charge in [0.15, 0.2) is 12.2 Å². The topological polar surface area (TPSA) is 33.8 Å². The Kier molecular flexibility index (Phi) is 3.65. The Hall–Kier alpha value is -2.33. The first-order valence-corrected chi connectivity index (χ1v) is 7.18. The maximum Gasteiger partial charge on any atom is 0.287 e. The zero-order valence-electron chi connectivity index (χ0n) is 10.8. The highest BCUT2D eigenvalue weighted by atomic mass is 32.1. The summed E-state index contributed by atoms with van der Waals surface area (Å²) < 4.78 is 1.80. The predicted molar refractivity (Wildman–Crippen MR) is 78.5 cm³/mol. The van der Waals surface area contributed by atoms with Gasteiger partial charge in [-0.1, -0.05) is 36.4 Å². The largest absolute Gasteiger partial charge is 0.289 e. The number of thiophene rings is 1. The normalized spacial score (nSPS) is 10.4. The number of Topliss-reactive ketones (excluding diaryl/α,β-unsaturated/α-hetero) is 1. The standard InChI is InChI=1S/C16H13N2OS/c19-15(16-7-4-10-20-16)11-18-9-8-14(17-12-18)13-5-2-1-3-6-13/h1-10,12H,11H2/q+1. The van der Waals surface area contributed by atoms with E-state index in [4.69, 9.17) is 0 Å². The van der Waals surface area contributed by atoms with E-state index in [-0.39, 0.29) is 5.78 Å². The molecule has 0 aliphatic heterocycles. The quantitative estimate of drug-likeness (QED) is 0.544. The van der Waals surface area contributed by atoms with Gasteiger partial charge >= 0.3 is 0 Å². The second kappa shape index (κ2) is 5.75. The van der Waals surface area contributed by atoms with E-state index in [2.05, 4.69) is 4.98 Å². The van der Waals surface area contributed by atoms with E-state index in [9.17, 15) is 4.79 Å². The Morgan fingerprint density at radius 1 is 1.10 bits per heavy atom. The number of hydrogen-bond donors (Lipinski definition) is 0. The molecule has 0 amide bonds. The van der Waals surface area contributed by atoms with Crippen molar-refractivity contribution in [2.24, 2.45) is 0 Å². The number of hydrogen-bond acceptors (Lipinski definition) is 3. The van der Waals surface area contributed by atoms with Gasteiger partial charge < -0.3 is 0 Å². The van der Waals surface area contributed by atoms with Gasteiger partial charge in [0.2, 0.25) is 5.78 Å². The van der Waals surface area contributed by atoms with Crippen molar-refractivity contribution < 1.29 is 9.36 Å². The van der Waals surface area contributed by atoms with Crippen LogP contribution in [-0.4, -0.2) is 10.8 Å². The van der Waals surface area contributed by atoms with Crippen LogP contribution in [0.5, 0.6) is 0 Å². The van der Waals surface area contributed by atoms with Crippen molar-refractivity contribution in [1.29, 1.82) is 0 Å². The first-order chi connectivity index (χ1) is 9.83. The Balaban J connectivity index is 1.75. The average Bonchev–Trinajstić information content (AvgIpc) is 3.03. The van der Waals surface area contributed by atoms with Crippen LogP contribution in [0.25, 0.3) is 11.3 Å². The van der Waals surface area contributed by atoms with E-state index in [1.165, 1.54) is 11.3 Å². The molecule has 2 heterocycles. The average molecular weight is 281 g/mol. The van der Waals surface area contributed by atoms with Crippen molar-refractivity contribution in [3.05, 3.63) is 71.3 Å². The van der Waals surface area contributed by atoms with Crippen LogP contribution in [0.4, 0.5) is 0 Å². The summed E-state index contributed by atoms with van der Waals surface area (Å²) in [5.41, 5.74) is 1.98. The molecular weight excluding hydrogens is 268 g/mol. The van der Waals surface area contributed by atoms with E-state index in [1.807, 2.05) is 60.1 Å². The molecule has 0 aliphatic rings. The van der Waals surface area contributed by atoms with Gasteiger partial charge in [-0.05, 0) is 16.4 Å². The Morgan fingerprint density at radius 2 is 1.95 bits per heavy atom. The lowest BCUT2D eigenvalue weighted by Crippen LogP contribution is -2.37. The smallest absolute Gasteiger partial charge is 0.287 e. The number of ketones is 1. The summed E-state index contributed by atoms with van der Waals surface area (Å²) in [6.07, 6.45) is 3.59. The molecule has 0 unspecified atom stereocenters. The molecule has 2 aromatic heterocycles. The maximum atomic E-state index is 12.0.